The molecule has 0 atom stereocenters. The van der Waals surface area contributed by atoms with Crippen LogP contribution in [0.5, 0.6) is 0 Å². The molecule has 4 rings (SSSR count). The fourth-order valence-electron chi connectivity index (χ4n) is 2.80. The molecule has 26 heavy (non-hydrogen) atoms. The number of nitrogens with zero attached hydrogens (tertiary/aromatic N) is 5. The summed E-state index contributed by atoms with van der Waals surface area (Å²) in [5, 5.41) is 16.9. The Morgan fingerprint density at radius 3 is 2.73 bits per heavy atom. The van der Waals surface area contributed by atoms with Crippen LogP contribution in [0.25, 0.3) is 16.9 Å². The van der Waals surface area contributed by atoms with E-state index in [0.29, 0.717) is 12.2 Å². The molecule has 0 unspecified atom stereocenters. The zero-order valence-corrected chi connectivity index (χ0v) is 14.0. The van der Waals surface area contributed by atoms with Crippen LogP contribution in [0.1, 0.15) is 11.1 Å². The van der Waals surface area contributed by atoms with E-state index in [4.69, 9.17) is 10.2 Å². The Morgan fingerprint density at radius 2 is 1.96 bits per heavy atom. The van der Waals surface area contributed by atoms with E-state index in [-0.39, 0.29) is 6.42 Å². The normalized spacial score (nSPS) is 10.6. The molecule has 6 nitrogen and oxygen atoms in total. The minimum atomic E-state index is 0.275. The fourth-order valence-corrected chi connectivity index (χ4v) is 2.80. The summed E-state index contributed by atoms with van der Waals surface area (Å²) in [5.74, 6) is 0.821. The van der Waals surface area contributed by atoms with Crippen molar-refractivity contribution in [3.63, 3.8) is 0 Å². The number of hydrogen-bond donors (Lipinski definition) is 1. The average molecular weight is 340 g/mol. The smallest absolute Gasteiger partial charge is 0.162 e. The second kappa shape index (κ2) is 7.03. The van der Waals surface area contributed by atoms with E-state index < -0.39 is 0 Å². The van der Waals surface area contributed by atoms with Crippen LogP contribution in [0.3, 0.4) is 0 Å². The molecular weight excluding hydrogens is 324 g/mol. The maximum absolute atomic E-state index is 9.07. The summed E-state index contributed by atoms with van der Waals surface area (Å²) >= 11 is 0. The first kappa shape index (κ1) is 15.8. The number of rotatable bonds is 5. The first-order valence-corrected chi connectivity index (χ1v) is 8.28. The highest BCUT2D eigenvalue weighted by atomic mass is 15.3. The van der Waals surface area contributed by atoms with Gasteiger partial charge in [-0.05, 0) is 11.6 Å². The van der Waals surface area contributed by atoms with Gasteiger partial charge in [-0.3, -0.25) is 4.98 Å². The van der Waals surface area contributed by atoms with Gasteiger partial charge in [0.2, 0.25) is 0 Å². The average Bonchev–Trinajstić information content (AvgIpc) is 3.11. The van der Waals surface area contributed by atoms with E-state index in [1.165, 1.54) is 0 Å². The van der Waals surface area contributed by atoms with Gasteiger partial charge in [0.25, 0.3) is 0 Å². The van der Waals surface area contributed by atoms with Crippen molar-refractivity contribution in [1.82, 2.24) is 19.6 Å². The van der Waals surface area contributed by atoms with Crippen LogP contribution >= 0.6 is 0 Å². The van der Waals surface area contributed by atoms with Crippen molar-refractivity contribution < 1.29 is 0 Å². The lowest BCUT2D eigenvalue weighted by atomic mass is 10.1. The fraction of sp³-hybridized carbons (Fsp3) is 0.100. The summed E-state index contributed by atoms with van der Waals surface area (Å²) in [4.78, 5) is 8.88. The van der Waals surface area contributed by atoms with Gasteiger partial charge >= 0.3 is 0 Å². The standard InChI is InChI=1S/C20H16N6/c21-9-8-17-14-24-26-19(23-13-15-5-4-10-22-12-15)11-18(25-20(17)26)16-6-2-1-3-7-16/h1-7,10-12,14,23H,8,13H2. The highest BCUT2D eigenvalue weighted by Gasteiger charge is 2.12. The highest BCUT2D eigenvalue weighted by Crippen LogP contribution is 2.24. The van der Waals surface area contributed by atoms with Crippen molar-refractivity contribution in [2.75, 3.05) is 5.32 Å². The van der Waals surface area contributed by atoms with Crippen LogP contribution in [-0.4, -0.2) is 19.6 Å². The molecule has 0 fully saturated rings. The van der Waals surface area contributed by atoms with Gasteiger partial charge < -0.3 is 5.32 Å². The Hall–Kier alpha value is -3.72. The molecule has 0 spiro atoms. The van der Waals surface area contributed by atoms with Crippen LogP contribution in [0, 0.1) is 11.3 Å². The molecule has 0 bridgehead atoms. The van der Waals surface area contributed by atoms with Crippen LogP contribution in [-0.2, 0) is 13.0 Å². The zero-order chi connectivity index (χ0) is 17.8. The van der Waals surface area contributed by atoms with Gasteiger partial charge in [-0.15, -0.1) is 0 Å². The molecule has 0 amide bonds. The number of nitriles is 1. The molecule has 3 heterocycles. The molecule has 0 saturated heterocycles. The highest BCUT2D eigenvalue weighted by molar-refractivity contribution is 5.68. The first-order chi connectivity index (χ1) is 12.8. The number of fused-ring (bicyclic) bond motifs is 1. The molecule has 0 saturated carbocycles. The Kier molecular flexibility index (Phi) is 4.27. The third-order valence-corrected chi connectivity index (χ3v) is 4.08. The van der Waals surface area contributed by atoms with E-state index >= 15 is 0 Å². The maximum Gasteiger partial charge on any atom is 0.162 e. The quantitative estimate of drug-likeness (QED) is 0.602. The van der Waals surface area contributed by atoms with Gasteiger partial charge in [-0.1, -0.05) is 36.4 Å². The third-order valence-electron chi connectivity index (χ3n) is 4.08. The summed E-state index contributed by atoms with van der Waals surface area (Å²) in [5.41, 5.74) is 4.44. The van der Waals surface area contributed by atoms with Gasteiger partial charge in [0, 0.05) is 36.1 Å². The zero-order valence-electron chi connectivity index (χ0n) is 14.0. The topological polar surface area (TPSA) is 78.9 Å². The SMILES string of the molecule is N#CCc1cnn2c(NCc3cccnc3)cc(-c3ccccc3)nc12. The minimum absolute atomic E-state index is 0.275. The van der Waals surface area contributed by atoms with E-state index in [1.54, 1.807) is 16.9 Å². The van der Waals surface area contributed by atoms with Crippen molar-refractivity contribution in [3.05, 3.63) is 78.2 Å². The molecule has 0 aliphatic rings. The van der Waals surface area contributed by atoms with Crippen LogP contribution in [0.2, 0.25) is 0 Å². The van der Waals surface area contributed by atoms with E-state index in [1.807, 2.05) is 54.7 Å². The molecule has 0 radical (unpaired) electrons. The summed E-state index contributed by atoms with van der Waals surface area (Å²) < 4.78 is 1.75. The number of pyridine rings is 1. The molecule has 126 valence electrons. The predicted octanol–water partition coefficient (Wildman–Crippen LogP) is 3.47. The Balaban J connectivity index is 1.78. The number of benzene rings is 1. The van der Waals surface area contributed by atoms with Crippen LogP contribution in [0.15, 0.2) is 67.1 Å². The molecule has 1 aromatic carbocycles. The maximum atomic E-state index is 9.07. The summed E-state index contributed by atoms with van der Waals surface area (Å²) in [7, 11) is 0. The van der Waals surface area contributed by atoms with Gasteiger partial charge in [-0.2, -0.15) is 14.9 Å². The minimum Gasteiger partial charge on any atom is -0.366 e. The van der Waals surface area contributed by atoms with Gasteiger partial charge in [-0.25, -0.2) is 4.98 Å². The Bertz CT molecular complexity index is 1060. The summed E-state index contributed by atoms with van der Waals surface area (Å²) in [6, 6.07) is 18.1. The van der Waals surface area contributed by atoms with E-state index in [9.17, 15) is 0 Å². The number of anilines is 1. The first-order valence-electron chi connectivity index (χ1n) is 8.28. The second-order valence-electron chi connectivity index (χ2n) is 5.85. The van der Waals surface area contributed by atoms with Gasteiger partial charge in [0.05, 0.1) is 24.4 Å². The number of nitrogens with one attached hydrogen (secondary N) is 1. The molecule has 0 aliphatic heterocycles. The largest absolute Gasteiger partial charge is 0.366 e. The molecular formula is C20H16N6. The lowest BCUT2D eigenvalue weighted by molar-refractivity contribution is 0.925. The molecule has 6 heteroatoms. The third kappa shape index (κ3) is 3.10. The van der Waals surface area contributed by atoms with Gasteiger partial charge in [0.15, 0.2) is 5.65 Å². The van der Waals surface area contributed by atoms with E-state index in [0.717, 1.165) is 28.2 Å². The van der Waals surface area contributed by atoms with Crippen LogP contribution < -0.4 is 5.32 Å². The molecule has 4 aromatic rings. The Morgan fingerprint density at radius 1 is 1.08 bits per heavy atom. The van der Waals surface area contributed by atoms with Crippen molar-refractivity contribution in [3.8, 4) is 17.3 Å². The lowest BCUT2D eigenvalue weighted by Crippen LogP contribution is -2.07. The Labute approximate surface area is 150 Å². The van der Waals surface area contributed by atoms with Crippen molar-refractivity contribution in [1.29, 1.82) is 5.26 Å². The number of hydrogen-bond acceptors (Lipinski definition) is 5. The van der Waals surface area contributed by atoms with Crippen LogP contribution in [0.4, 0.5) is 5.82 Å². The number of aromatic nitrogens is 4. The van der Waals surface area contributed by atoms with E-state index in [2.05, 4.69) is 21.5 Å². The summed E-state index contributed by atoms with van der Waals surface area (Å²) in [6.07, 6.45) is 5.56. The summed E-state index contributed by atoms with van der Waals surface area (Å²) in [6.45, 7) is 0.620. The lowest BCUT2D eigenvalue weighted by Gasteiger charge is -2.11. The van der Waals surface area contributed by atoms with Gasteiger partial charge in [0.1, 0.15) is 5.82 Å². The van der Waals surface area contributed by atoms with Crippen molar-refractivity contribution >= 4 is 11.5 Å². The second-order valence-corrected chi connectivity index (χ2v) is 5.85. The monoisotopic (exact) mass is 340 g/mol. The molecule has 3 aromatic heterocycles. The predicted molar refractivity (Wildman–Crippen MR) is 99.3 cm³/mol. The van der Waals surface area contributed by atoms with Crippen molar-refractivity contribution in [2.45, 2.75) is 13.0 Å². The van der Waals surface area contributed by atoms with Crippen molar-refractivity contribution in [2.24, 2.45) is 0 Å². The molecule has 0 aliphatic carbocycles. The molecule has 1 N–H and O–H groups in total.